The van der Waals surface area contributed by atoms with Gasteiger partial charge in [0.2, 0.25) is 5.91 Å². The van der Waals surface area contributed by atoms with Crippen molar-refractivity contribution in [1.82, 2.24) is 5.32 Å². The quantitative estimate of drug-likeness (QED) is 0.253. The molecule has 7 heteroatoms. The van der Waals surface area contributed by atoms with Crippen LogP contribution < -0.4 is 11.2 Å². The van der Waals surface area contributed by atoms with Gasteiger partial charge in [0, 0.05) is 12.0 Å². The maximum Gasteiger partial charge on any atom is 0.305 e. The highest BCUT2D eigenvalue weighted by Crippen LogP contribution is 2.20. The number of carboxylic acid groups (broad SMARTS) is 1. The molecule has 1 unspecified atom stereocenters. The summed E-state index contributed by atoms with van der Waals surface area (Å²) in [5, 5.41) is 15.2. The second-order valence-corrected chi connectivity index (χ2v) is 6.47. The van der Waals surface area contributed by atoms with E-state index < -0.39 is 17.8 Å². The van der Waals surface area contributed by atoms with Gasteiger partial charge in [0.15, 0.2) is 0 Å². The number of carbonyl (C=O) groups excluding carboxylic acids is 1. The maximum absolute atomic E-state index is 14.0. The van der Waals surface area contributed by atoms with Gasteiger partial charge in [0.05, 0.1) is 18.7 Å². The van der Waals surface area contributed by atoms with E-state index in [1.807, 2.05) is 24.3 Å². The van der Waals surface area contributed by atoms with Gasteiger partial charge in [-0.05, 0) is 36.5 Å². The molecule has 28 heavy (non-hydrogen) atoms. The van der Waals surface area contributed by atoms with Gasteiger partial charge in [-0.1, -0.05) is 42.5 Å². The van der Waals surface area contributed by atoms with Crippen LogP contribution in [0, 0.1) is 5.82 Å². The predicted molar refractivity (Wildman–Crippen MR) is 105 cm³/mol. The highest BCUT2D eigenvalue weighted by Gasteiger charge is 2.20. The fraction of sp³-hybridized carbons (Fsp3) is 0.286. The number of aryl methyl sites for hydroxylation is 1. The maximum atomic E-state index is 14.0. The summed E-state index contributed by atoms with van der Waals surface area (Å²) in [7, 11) is 0. The molecule has 0 aliphatic rings. The SMILES string of the molecule is NN=Cc1ccc(CCCCC(=O)NC(CC(=O)O)c2ccccc2F)cc1. The number of hydrazone groups is 1. The molecule has 0 bridgehead atoms. The first-order valence-corrected chi connectivity index (χ1v) is 9.07. The minimum atomic E-state index is -1.10. The molecule has 2 aromatic carbocycles. The van der Waals surface area contributed by atoms with E-state index in [4.69, 9.17) is 10.9 Å². The van der Waals surface area contributed by atoms with Crippen molar-refractivity contribution < 1.29 is 19.1 Å². The van der Waals surface area contributed by atoms with Crippen molar-refractivity contribution in [1.29, 1.82) is 0 Å². The standard InChI is InChI=1S/C21H24FN3O3/c22-18-7-3-2-6-17(18)19(13-21(27)28)25-20(26)8-4-1-5-15-9-11-16(12-10-15)14-24-23/h2-3,6-7,9-12,14,19H,1,4-5,8,13,23H2,(H,25,26)(H,27,28). The van der Waals surface area contributed by atoms with Crippen molar-refractivity contribution in [2.45, 2.75) is 38.1 Å². The summed E-state index contributed by atoms with van der Waals surface area (Å²) in [6.45, 7) is 0. The van der Waals surface area contributed by atoms with Crippen LogP contribution in [0.2, 0.25) is 0 Å². The van der Waals surface area contributed by atoms with E-state index >= 15 is 0 Å². The second-order valence-electron chi connectivity index (χ2n) is 6.47. The van der Waals surface area contributed by atoms with Gasteiger partial charge in [-0.3, -0.25) is 9.59 Å². The lowest BCUT2D eigenvalue weighted by Crippen LogP contribution is -2.30. The molecular formula is C21H24FN3O3. The van der Waals surface area contributed by atoms with Gasteiger partial charge < -0.3 is 16.3 Å². The average molecular weight is 385 g/mol. The Kier molecular flexibility index (Phi) is 8.14. The van der Waals surface area contributed by atoms with E-state index in [0.29, 0.717) is 6.42 Å². The van der Waals surface area contributed by atoms with Crippen molar-refractivity contribution in [3.05, 3.63) is 71.0 Å². The zero-order valence-corrected chi connectivity index (χ0v) is 15.5. The minimum absolute atomic E-state index is 0.180. The van der Waals surface area contributed by atoms with Crippen LogP contribution in [0.1, 0.15) is 48.4 Å². The zero-order chi connectivity index (χ0) is 20.4. The number of hydrogen-bond acceptors (Lipinski definition) is 4. The van der Waals surface area contributed by atoms with Gasteiger partial charge >= 0.3 is 5.97 Å². The Hall–Kier alpha value is -3.22. The van der Waals surface area contributed by atoms with E-state index in [9.17, 15) is 14.0 Å². The number of benzene rings is 2. The number of nitrogens with zero attached hydrogens (tertiary/aromatic N) is 1. The Morgan fingerprint density at radius 1 is 1.14 bits per heavy atom. The third-order valence-corrected chi connectivity index (χ3v) is 4.32. The number of unbranched alkanes of at least 4 members (excludes halogenated alkanes) is 1. The van der Waals surface area contributed by atoms with E-state index in [0.717, 1.165) is 24.0 Å². The Balaban J connectivity index is 1.82. The molecule has 1 atom stereocenters. The molecule has 0 aromatic heterocycles. The number of rotatable bonds is 10. The number of hydrogen-bond donors (Lipinski definition) is 3. The summed E-state index contributed by atoms with van der Waals surface area (Å²) in [6.07, 6.45) is 3.72. The average Bonchev–Trinajstić information content (AvgIpc) is 2.66. The van der Waals surface area contributed by atoms with Crippen LogP contribution in [0.4, 0.5) is 4.39 Å². The number of nitrogens with one attached hydrogen (secondary N) is 1. The molecule has 0 aliphatic heterocycles. The molecule has 0 spiro atoms. The number of halogens is 1. The lowest BCUT2D eigenvalue weighted by molar-refractivity contribution is -0.137. The molecule has 0 fully saturated rings. The second kappa shape index (κ2) is 10.8. The van der Waals surface area contributed by atoms with Crippen molar-refractivity contribution in [2.24, 2.45) is 10.9 Å². The monoisotopic (exact) mass is 385 g/mol. The van der Waals surface area contributed by atoms with Crippen molar-refractivity contribution in [3.8, 4) is 0 Å². The number of carboxylic acids is 1. The Morgan fingerprint density at radius 3 is 2.50 bits per heavy atom. The normalized spacial score (nSPS) is 12.0. The fourth-order valence-electron chi connectivity index (χ4n) is 2.91. The predicted octanol–water partition coefficient (Wildman–Crippen LogP) is 3.16. The Morgan fingerprint density at radius 2 is 1.86 bits per heavy atom. The summed E-state index contributed by atoms with van der Waals surface area (Å²) >= 11 is 0. The largest absolute Gasteiger partial charge is 0.481 e. The lowest BCUT2D eigenvalue weighted by Gasteiger charge is -2.18. The van der Waals surface area contributed by atoms with Crippen LogP contribution in [0.5, 0.6) is 0 Å². The van der Waals surface area contributed by atoms with E-state index in [1.165, 1.54) is 18.2 Å². The molecule has 0 saturated carbocycles. The Bertz CT molecular complexity index is 822. The van der Waals surface area contributed by atoms with E-state index in [1.54, 1.807) is 12.3 Å². The molecule has 4 N–H and O–H groups in total. The molecular weight excluding hydrogens is 361 g/mol. The van der Waals surface area contributed by atoms with Gasteiger partial charge in [0.25, 0.3) is 0 Å². The lowest BCUT2D eigenvalue weighted by atomic mass is 10.0. The van der Waals surface area contributed by atoms with Crippen LogP contribution in [-0.2, 0) is 16.0 Å². The smallest absolute Gasteiger partial charge is 0.305 e. The summed E-state index contributed by atoms with van der Waals surface area (Å²) in [5.74, 6) is 3.19. The molecule has 6 nitrogen and oxygen atoms in total. The molecule has 2 aromatic rings. The van der Waals surface area contributed by atoms with Crippen LogP contribution in [0.3, 0.4) is 0 Å². The van der Waals surface area contributed by atoms with Gasteiger partial charge in [-0.25, -0.2) is 4.39 Å². The van der Waals surface area contributed by atoms with Crippen molar-refractivity contribution in [2.75, 3.05) is 0 Å². The first-order chi connectivity index (χ1) is 13.5. The summed E-state index contributed by atoms with van der Waals surface area (Å²) in [6, 6.07) is 12.8. The van der Waals surface area contributed by atoms with E-state index in [2.05, 4.69) is 10.4 Å². The first-order valence-electron chi connectivity index (χ1n) is 9.07. The van der Waals surface area contributed by atoms with Gasteiger partial charge in [0.1, 0.15) is 5.82 Å². The highest BCUT2D eigenvalue weighted by atomic mass is 19.1. The third kappa shape index (κ3) is 6.83. The molecule has 1 amide bonds. The van der Waals surface area contributed by atoms with Crippen molar-refractivity contribution in [3.63, 3.8) is 0 Å². The molecule has 0 radical (unpaired) electrons. The summed E-state index contributed by atoms with van der Waals surface area (Å²) in [4.78, 5) is 23.3. The Labute approximate surface area is 163 Å². The fourth-order valence-corrected chi connectivity index (χ4v) is 2.91. The first kappa shape index (κ1) is 21.1. The molecule has 0 heterocycles. The van der Waals surface area contributed by atoms with Crippen LogP contribution >= 0.6 is 0 Å². The van der Waals surface area contributed by atoms with Crippen molar-refractivity contribution >= 4 is 18.1 Å². The zero-order valence-electron chi connectivity index (χ0n) is 15.5. The minimum Gasteiger partial charge on any atom is -0.481 e. The molecule has 148 valence electrons. The van der Waals surface area contributed by atoms with Gasteiger partial charge in [-0.2, -0.15) is 5.10 Å². The van der Waals surface area contributed by atoms with Crippen LogP contribution in [0.15, 0.2) is 53.6 Å². The molecule has 2 rings (SSSR count). The third-order valence-electron chi connectivity index (χ3n) is 4.32. The van der Waals surface area contributed by atoms with E-state index in [-0.39, 0.29) is 24.3 Å². The molecule has 0 saturated heterocycles. The topological polar surface area (TPSA) is 105 Å². The number of carbonyl (C=O) groups is 2. The van der Waals surface area contributed by atoms with Gasteiger partial charge in [-0.15, -0.1) is 0 Å². The highest BCUT2D eigenvalue weighted by molar-refractivity contribution is 5.79. The number of aliphatic carboxylic acids is 1. The molecule has 0 aliphatic carbocycles. The summed E-state index contributed by atoms with van der Waals surface area (Å²) in [5.41, 5.74) is 2.24. The summed E-state index contributed by atoms with van der Waals surface area (Å²) < 4.78 is 14.0. The van der Waals surface area contributed by atoms with Crippen LogP contribution in [-0.4, -0.2) is 23.2 Å². The number of amides is 1. The number of nitrogens with two attached hydrogens (primary N) is 1. The van der Waals surface area contributed by atoms with Crippen LogP contribution in [0.25, 0.3) is 0 Å².